The van der Waals surface area contributed by atoms with E-state index in [4.69, 9.17) is 20.3 Å². The van der Waals surface area contributed by atoms with Crippen LogP contribution >= 0.6 is 24.8 Å². The number of hydrazone groups is 2. The molecule has 6 rings (SSSR count). The van der Waals surface area contributed by atoms with E-state index in [9.17, 15) is 54.7 Å². The van der Waals surface area contributed by atoms with Crippen LogP contribution in [0.25, 0.3) is 0 Å². The van der Waals surface area contributed by atoms with Crippen LogP contribution in [0.4, 0.5) is 11.6 Å². The van der Waals surface area contributed by atoms with Gasteiger partial charge in [-0.05, 0) is 106 Å². The number of carbonyl (C=O) groups excluding carboxylic acids is 5. The van der Waals surface area contributed by atoms with Crippen molar-refractivity contribution in [3.63, 3.8) is 0 Å². The molecule has 2 atom stereocenters. The van der Waals surface area contributed by atoms with Crippen LogP contribution in [0, 0.1) is 0 Å². The standard InChI is InChI=1S/C26H28N6O7S.C20H25N5O6S.C6H5NO2.2ClH/c1-39-26(35)21(9-4-5-14-28-24(33)19-8-6-13-27-15-19)31-25(34)20-11-12-23(29-16-20)32-30-17-18-7-2-3-10-22(18)40(36,37)38;1-31-20(27)16(7-4-5-11-21)24-19(26)15-9-10-18(22-12-15)25-23-13-14-6-2-3-8-17(14)32(28,29)30;8-6(9)5-2-1-3-7-4-5;;/h2-3,6-8,10-13,15-17,21H,4-5,9,14H2,1H3,(H,28,33)(H,29,32)(H,31,34)(H,36,37,38);2-3,6,8-10,12-13,16H,4-5,7,11,21H2,1H3,(H,22,25)(H,24,26)(H,28,29,30);1-4H,(H,8,9);2*1H. The third-order valence-corrected chi connectivity index (χ3v) is 12.6. The number of nitrogens with two attached hydrogens (primary N) is 1. The third-order valence-electron chi connectivity index (χ3n) is 10.8. The Balaban J connectivity index is 0.000000489. The zero-order valence-corrected chi connectivity index (χ0v) is 47.6. The number of rotatable bonds is 25. The minimum atomic E-state index is -4.42. The average Bonchev–Trinajstić information content (AvgIpc) is 3.62. The smallest absolute Gasteiger partial charge is 0.337 e. The number of pyridine rings is 4. The summed E-state index contributed by atoms with van der Waals surface area (Å²) >= 11 is 0. The van der Waals surface area contributed by atoms with E-state index >= 15 is 0 Å². The predicted molar refractivity (Wildman–Crippen MR) is 309 cm³/mol. The number of anilines is 2. The number of benzene rings is 2. The van der Waals surface area contributed by atoms with Gasteiger partial charge in [-0.3, -0.25) is 44.3 Å². The van der Waals surface area contributed by atoms with E-state index in [1.165, 1.54) is 124 Å². The number of carbonyl (C=O) groups is 6. The number of nitrogens with one attached hydrogen (secondary N) is 5. The molecule has 0 aliphatic heterocycles. The number of hydrogen-bond acceptors (Lipinski definition) is 21. The highest BCUT2D eigenvalue weighted by Crippen LogP contribution is 2.16. The van der Waals surface area contributed by atoms with E-state index in [1.54, 1.807) is 36.5 Å². The molecule has 0 saturated heterocycles. The van der Waals surface area contributed by atoms with Crippen LogP contribution in [0.3, 0.4) is 0 Å². The second-order valence-corrected chi connectivity index (χ2v) is 19.3. The fraction of sp³-hybridized carbons (Fsp3) is 0.231. The summed E-state index contributed by atoms with van der Waals surface area (Å²) in [5, 5.41) is 24.2. The molecule has 0 aliphatic rings. The molecule has 0 bridgehead atoms. The molecule has 6 aromatic rings. The topological polar surface area (TPSA) is 412 Å². The summed E-state index contributed by atoms with van der Waals surface area (Å²) in [7, 11) is -6.32. The Morgan fingerprint density at radius 2 is 0.988 bits per heavy atom. The molecule has 3 amide bonds. The molecule has 4 aromatic heterocycles. The Hall–Kier alpha value is -8.84. The van der Waals surface area contributed by atoms with E-state index in [-0.39, 0.29) is 80.0 Å². The number of hydrogen-bond donors (Lipinski definition) is 9. The van der Waals surface area contributed by atoms with Crippen LogP contribution in [-0.2, 0) is 39.3 Å². The summed E-state index contributed by atoms with van der Waals surface area (Å²) in [5.74, 6) is -2.81. The predicted octanol–water partition coefficient (Wildman–Crippen LogP) is 4.84. The minimum Gasteiger partial charge on any atom is -0.478 e. The van der Waals surface area contributed by atoms with Gasteiger partial charge in [-0.15, -0.1) is 24.8 Å². The van der Waals surface area contributed by atoms with Crippen molar-refractivity contribution in [3.8, 4) is 0 Å². The van der Waals surface area contributed by atoms with Crippen molar-refractivity contribution in [2.24, 2.45) is 15.9 Å². The fourth-order valence-corrected chi connectivity index (χ4v) is 8.03. The van der Waals surface area contributed by atoms with Crippen molar-refractivity contribution in [3.05, 3.63) is 168 Å². The maximum Gasteiger partial charge on any atom is 0.337 e. The van der Waals surface area contributed by atoms with Crippen LogP contribution in [0.15, 0.2) is 154 Å². The number of methoxy groups -OCH3 is 2. The largest absolute Gasteiger partial charge is 0.478 e. The van der Waals surface area contributed by atoms with Gasteiger partial charge in [0.25, 0.3) is 38.0 Å². The van der Waals surface area contributed by atoms with Gasteiger partial charge in [0.15, 0.2) is 0 Å². The Kier molecular flexibility index (Phi) is 30.9. The number of aromatic nitrogens is 4. The van der Waals surface area contributed by atoms with Gasteiger partial charge in [-0.25, -0.2) is 24.4 Å². The summed E-state index contributed by atoms with van der Waals surface area (Å²) in [6, 6.07) is 22.2. The summed E-state index contributed by atoms with van der Waals surface area (Å²) in [6.45, 7) is 0.877. The molecule has 83 heavy (non-hydrogen) atoms. The molecule has 0 fully saturated rings. The number of halogens is 2. The van der Waals surface area contributed by atoms with Crippen molar-refractivity contribution in [1.82, 2.24) is 35.9 Å². The van der Waals surface area contributed by atoms with Crippen LogP contribution in [0.1, 0.15) is 91.1 Å². The number of carboxylic acids is 1. The third kappa shape index (κ3) is 24.8. The Morgan fingerprint density at radius 3 is 1.35 bits per heavy atom. The van der Waals surface area contributed by atoms with Crippen LogP contribution in [0.2, 0.25) is 0 Å². The first-order valence-corrected chi connectivity index (χ1v) is 27.1. The molecule has 2 aromatic carbocycles. The van der Waals surface area contributed by atoms with Crippen molar-refractivity contribution >= 4 is 105 Å². The van der Waals surface area contributed by atoms with Gasteiger partial charge in [-0.2, -0.15) is 27.0 Å². The first-order chi connectivity index (χ1) is 38.7. The van der Waals surface area contributed by atoms with Gasteiger partial charge >= 0.3 is 17.9 Å². The van der Waals surface area contributed by atoms with E-state index < -0.39 is 62.0 Å². The Bertz CT molecular complexity index is 3340. The van der Waals surface area contributed by atoms with Crippen molar-refractivity contribution < 1.29 is 69.3 Å². The molecule has 27 nitrogen and oxygen atoms in total. The molecule has 2 unspecified atom stereocenters. The Morgan fingerprint density at radius 1 is 0.566 bits per heavy atom. The monoisotopic (exact) mass is 1230 g/mol. The number of nitrogens with zero attached hydrogens (tertiary/aromatic N) is 6. The molecule has 0 aliphatic carbocycles. The number of esters is 2. The molecule has 0 radical (unpaired) electrons. The summed E-state index contributed by atoms with van der Waals surface area (Å²) in [5.41, 5.74) is 12.1. The molecule has 0 spiro atoms. The van der Waals surface area contributed by atoms with E-state index in [2.05, 4.69) is 56.9 Å². The van der Waals surface area contributed by atoms with Gasteiger partial charge in [0.05, 0.1) is 48.9 Å². The zero-order chi connectivity index (χ0) is 59.2. The second kappa shape index (κ2) is 36.5. The summed E-state index contributed by atoms with van der Waals surface area (Å²) in [6.07, 6.45) is 14.1. The maximum atomic E-state index is 12.7. The fourth-order valence-electron chi connectivity index (χ4n) is 6.69. The number of aromatic carboxylic acids is 1. The number of carboxylic acid groups (broad SMARTS) is 1. The highest BCUT2D eigenvalue weighted by atomic mass is 35.5. The molecule has 0 saturated carbocycles. The zero-order valence-electron chi connectivity index (χ0n) is 44.3. The molecular weight excluding hydrogens is 1170 g/mol. The highest BCUT2D eigenvalue weighted by molar-refractivity contribution is 7.86. The number of amides is 3. The van der Waals surface area contributed by atoms with E-state index in [0.717, 1.165) is 6.42 Å². The molecule has 10 N–H and O–H groups in total. The lowest BCUT2D eigenvalue weighted by Gasteiger charge is -2.16. The van der Waals surface area contributed by atoms with Gasteiger partial charge in [0, 0.05) is 54.9 Å². The van der Waals surface area contributed by atoms with Gasteiger partial charge in [-0.1, -0.05) is 36.4 Å². The maximum absolute atomic E-state index is 12.7. The summed E-state index contributed by atoms with van der Waals surface area (Å²) < 4.78 is 73.8. The molecule has 31 heteroatoms. The van der Waals surface area contributed by atoms with Crippen LogP contribution in [-0.4, -0.2) is 138 Å². The number of unbranched alkanes of at least 4 members (excludes halogenated alkanes) is 2. The van der Waals surface area contributed by atoms with Crippen molar-refractivity contribution in [2.45, 2.75) is 60.4 Å². The van der Waals surface area contributed by atoms with Crippen LogP contribution in [0.5, 0.6) is 0 Å². The molecule has 4 heterocycles. The average molecular weight is 1230 g/mol. The molecular formula is C52H60Cl2N12O15S2. The SMILES string of the molecule is COC(=O)C(CCCCN)NC(=O)c1ccc(NN=Cc2ccccc2S(=O)(=O)O)nc1.COC(=O)C(CCCCNC(=O)c1cccnc1)NC(=O)c1ccc(NN=Cc2ccccc2S(=O)(=O)O)nc1.Cl.Cl.O=C(O)c1cccnc1. The van der Waals surface area contributed by atoms with Gasteiger partial charge in [0.1, 0.15) is 33.5 Å². The Labute approximate surface area is 489 Å². The second-order valence-electron chi connectivity index (χ2n) is 16.6. The first kappa shape index (κ1) is 70.3. The lowest BCUT2D eigenvalue weighted by molar-refractivity contribution is -0.143. The van der Waals surface area contributed by atoms with Crippen molar-refractivity contribution in [1.29, 1.82) is 0 Å². The summed E-state index contributed by atoms with van der Waals surface area (Å²) in [4.78, 5) is 86.6. The molecule has 444 valence electrons. The number of ether oxygens (including phenoxy) is 2. The minimum absolute atomic E-state index is 0. The quantitative estimate of drug-likeness (QED) is 0.0122. The highest BCUT2D eigenvalue weighted by Gasteiger charge is 2.24. The van der Waals surface area contributed by atoms with Crippen LogP contribution < -0.4 is 32.5 Å². The normalized spacial score (nSPS) is 11.5. The lowest BCUT2D eigenvalue weighted by Crippen LogP contribution is -2.41. The van der Waals surface area contributed by atoms with Gasteiger partial charge < -0.3 is 36.3 Å². The van der Waals surface area contributed by atoms with E-state index in [0.29, 0.717) is 50.8 Å². The van der Waals surface area contributed by atoms with Gasteiger partial charge in [0.2, 0.25) is 0 Å². The lowest BCUT2D eigenvalue weighted by atomic mass is 10.1. The van der Waals surface area contributed by atoms with Crippen molar-refractivity contribution in [2.75, 3.05) is 38.2 Å². The first-order valence-electron chi connectivity index (χ1n) is 24.2. The van der Waals surface area contributed by atoms with E-state index in [1.807, 2.05) is 0 Å².